The van der Waals surface area contributed by atoms with Crippen molar-refractivity contribution in [1.82, 2.24) is 0 Å². The number of aliphatic imine (C=N–C) groups is 1. The number of Topliss-reactive ketones (excluding diaryl/α,β-unsaturated/α-hetero) is 1. The Morgan fingerprint density at radius 3 is 2.22 bits per heavy atom. The third-order valence-electron chi connectivity index (χ3n) is 3.95. The van der Waals surface area contributed by atoms with Crippen LogP contribution in [-0.4, -0.2) is 30.4 Å². The summed E-state index contributed by atoms with van der Waals surface area (Å²) < 4.78 is 43.8. The van der Waals surface area contributed by atoms with Gasteiger partial charge in [-0.25, -0.2) is 0 Å². The zero-order valence-electron chi connectivity index (χ0n) is 15.0. The Hall–Kier alpha value is -3.09. The van der Waals surface area contributed by atoms with E-state index in [1.807, 2.05) is 13.8 Å². The van der Waals surface area contributed by atoms with Gasteiger partial charge in [-0.05, 0) is 61.4 Å². The molecule has 0 unspecified atom stereocenters. The fourth-order valence-corrected chi connectivity index (χ4v) is 2.23. The molecule has 142 valence electrons. The number of hydrogen-bond donors (Lipinski definition) is 1. The molecule has 0 bridgehead atoms. The first-order chi connectivity index (χ1) is 12.6. The van der Waals surface area contributed by atoms with Crippen molar-refractivity contribution in [2.45, 2.75) is 20.0 Å². The lowest BCUT2D eigenvalue weighted by Gasteiger charge is -2.10. The molecule has 0 aliphatic heterocycles. The molecule has 2 rings (SSSR count). The van der Waals surface area contributed by atoms with Crippen LogP contribution in [0.2, 0.25) is 0 Å². The Balaban J connectivity index is 2.51. The van der Waals surface area contributed by atoms with E-state index in [1.165, 1.54) is 31.4 Å². The molecular formula is C20H18F3NO3. The number of ketones is 1. The number of aliphatic hydroxyl groups excluding tert-OH is 1. The summed E-state index contributed by atoms with van der Waals surface area (Å²) >= 11 is 0. The number of aliphatic hydroxyl groups is 1. The standard InChI is InChI=1S/C20H18F3NO3/c1-12-4-7-15(10-13(12)2)24-11-17(19(26)20(21,22)23)18(25)14-5-8-16(27-3)9-6-14/h4-11,25H,1-3H3/b18-17+,24-11?. The largest absolute Gasteiger partial charge is 0.506 e. The molecule has 0 spiro atoms. The van der Waals surface area contributed by atoms with Crippen molar-refractivity contribution in [3.63, 3.8) is 0 Å². The first-order valence-corrected chi connectivity index (χ1v) is 7.94. The number of ether oxygens (including phenoxy) is 1. The van der Waals surface area contributed by atoms with Crippen LogP contribution in [0, 0.1) is 13.8 Å². The van der Waals surface area contributed by atoms with E-state index in [9.17, 15) is 23.1 Å². The highest BCUT2D eigenvalue weighted by atomic mass is 19.4. The summed E-state index contributed by atoms with van der Waals surface area (Å²) in [6.07, 6.45) is -4.41. The maximum atomic E-state index is 13.0. The van der Waals surface area contributed by atoms with Gasteiger partial charge in [0.15, 0.2) is 0 Å². The Labute approximate surface area is 154 Å². The van der Waals surface area contributed by atoms with E-state index in [-0.39, 0.29) is 5.56 Å². The molecule has 0 aliphatic rings. The monoisotopic (exact) mass is 377 g/mol. The van der Waals surface area contributed by atoms with E-state index >= 15 is 0 Å². The number of halogens is 3. The number of carbonyl (C=O) groups excluding carboxylic acids is 1. The maximum Gasteiger partial charge on any atom is 0.455 e. The SMILES string of the molecule is COc1ccc(/C(O)=C(/C=Nc2ccc(C)c(C)c2)C(=O)C(F)(F)F)cc1. The number of rotatable bonds is 5. The average Bonchev–Trinajstić information content (AvgIpc) is 2.63. The molecule has 0 fully saturated rings. The molecular weight excluding hydrogens is 359 g/mol. The number of carbonyl (C=O) groups is 1. The molecule has 0 saturated heterocycles. The van der Waals surface area contributed by atoms with Crippen molar-refractivity contribution in [2.24, 2.45) is 4.99 Å². The first kappa shape index (κ1) is 20.2. The topological polar surface area (TPSA) is 58.9 Å². The Morgan fingerprint density at radius 1 is 1.07 bits per heavy atom. The summed E-state index contributed by atoms with van der Waals surface area (Å²) in [5, 5.41) is 10.3. The van der Waals surface area contributed by atoms with Crippen LogP contribution in [0.5, 0.6) is 5.75 Å². The number of hydrogen-bond acceptors (Lipinski definition) is 4. The Bertz CT molecular complexity index is 898. The molecule has 0 atom stereocenters. The zero-order chi connectivity index (χ0) is 20.2. The van der Waals surface area contributed by atoms with Crippen LogP contribution in [0.3, 0.4) is 0 Å². The van der Waals surface area contributed by atoms with Gasteiger partial charge in [-0.2, -0.15) is 13.2 Å². The number of aryl methyl sites for hydroxylation is 2. The Morgan fingerprint density at radius 2 is 1.70 bits per heavy atom. The summed E-state index contributed by atoms with van der Waals surface area (Å²) in [6, 6.07) is 10.7. The van der Waals surface area contributed by atoms with Crippen LogP contribution in [0.1, 0.15) is 16.7 Å². The molecule has 0 heterocycles. The summed E-state index contributed by atoms with van der Waals surface area (Å²) in [7, 11) is 1.43. The lowest BCUT2D eigenvalue weighted by atomic mass is 10.0. The van der Waals surface area contributed by atoms with Crippen LogP contribution in [-0.2, 0) is 4.79 Å². The fourth-order valence-electron chi connectivity index (χ4n) is 2.23. The molecule has 4 nitrogen and oxygen atoms in total. The highest BCUT2D eigenvalue weighted by Gasteiger charge is 2.41. The average molecular weight is 377 g/mol. The van der Waals surface area contributed by atoms with Gasteiger partial charge in [0.2, 0.25) is 0 Å². The maximum absolute atomic E-state index is 13.0. The van der Waals surface area contributed by atoms with Gasteiger partial charge >= 0.3 is 6.18 Å². The number of benzene rings is 2. The van der Waals surface area contributed by atoms with E-state index < -0.39 is 23.3 Å². The van der Waals surface area contributed by atoms with Gasteiger partial charge in [0.05, 0.1) is 18.4 Å². The van der Waals surface area contributed by atoms with Crippen LogP contribution in [0.4, 0.5) is 18.9 Å². The lowest BCUT2D eigenvalue weighted by Crippen LogP contribution is -2.26. The molecule has 0 radical (unpaired) electrons. The molecule has 0 aromatic heterocycles. The van der Waals surface area contributed by atoms with E-state index in [0.717, 1.165) is 17.3 Å². The summed E-state index contributed by atoms with van der Waals surface area (Å²) in [6.45, 7) is 3.72. The highest BCUT2D eigenvalue weighted by Crippen LogP contribution is 2.26. The molecule has 2 aromatic carbocycles. The van der Waals surface area contributed by atoms with E-state index in [4.69, 9.17) is 4.74 Å². The van der Waals surface area contributed by atoms with Gasteiger partial charge in [-0.15, -0.1) is 0 Å². The van der Waals surface area contributed by atoms with Gasteiger partial charge in [-0.3, -0.25) is 9.79 Å². The Kier molecular flexibility index (Phi) is 6.05. The molecule has 0 saturated carbocycles. The third-order valence-corrected chi connectivity index (χ3v) is 3.95. The quantitative estimate of drug-likeness (QED) is 0.447. The number of allylic oxidation sites excluding steroid dienone is 1. The zero-order valence-corrected chi connectivity index (χ0v) is 15.0. The molecule has 1 N–H and O–H groups in total. The van der Waals surface area contributed by atoms with Gasteiger partial charge in [0.1, 0.15) is 11.5 Å². The smallest absolute Gasteiger partial charge is 0.455 e. The number of methoxy groups -OCH3 is 1. The van der Waals surface area contributed by atoms with Crippen molar-refractivity contribution >= 4 is 23.4 Å². The third kappa shape index (κ3) is 4.97. The predicted octanol–water partition coefficient (Wildman–Crippen LogP) is 5.12. The van der Waals surface area contributed by atoms with E-state index in [2.05, 4.69) is 4.99 Å². The van der Waals surface area contributed by atoms with Gasteiger partial charge < -0.3 is 9.84 Å². The second kappa shape index (κ2) is 8.07. The van der Waals surface area contributed by atoms with Crippen molar-refractivity contribution in [3.05, 3.63) is 64.7 Å². The minimum absolute atomic E-state index is 0.0370. The first-order valence-electron chi connectivity index (χ1n) is 7.94. The van der Waals surface area contributed by atoms with E-state index in [0.29, 0.717) is 11.4 Å². The van der Waals surface area contributed by atoms with Gasteiger partial charge in [0.25, 0.3) is 5.78 Å². The van der Waals surface area contributed by atoms with Crippen molar-refractivity contribution in [3.8, 4) is 5.75 Å². The van der Waals surface area contributed by atoms with Crippen molar-refractivity contribution in [1.29, 1.82) is 0 Å². The minimum Gasteiger partial charge on any atom is -0.506 e. The van der Waals surface area contributed by atoms with E-state index in [1.54, 1.807) is 18.2 Å². The summed E-state index contributed by atoms with van der Waals surface area (Å²) in [5.74, 6) is -2.53. The molecule has 7 heteroatoms. The molecule has 0 aliphatic carbocycles. The molecule has 2 aromatic rings. The molecule has 27 heavy (non-hydrogen) atoms. The van der Waals surface area contributed by atoms with Gasteiger partial charge in [-0.1, -0.05) is 6.07 Å². The number of nitrogens with zero attached hydrogens (tertiary/aromatic N) is 1. The van der Waals surface area contributed by atoms with Crippen LogP contribution < -0.4 is 4.74 Å². The summed E-state index contributed by atoms with van der Waals surface area (Å²) in [4.78, 5) is 15.7. The fraction of sp³-hybridized carbons (Fsp3) is 0.200. The summed E-state index contributed by atoms with van der Waals surface area (Å²) in [5.41, 5.74) is 1.36. The highest BCUT2D eigenvalue weighted by molar-refractivity contribution is 6.20. The minimum atomic E-state index is -5.15. The van der Waals surface area contributed by atoms with Crippen molar-refractivity contribution < 1.29 is 27.8 Å². The predicted molar refractivity (Wildman–Crippen MR) is 97.7 cm³/mol. The normalized spacial score (nSPS) is 12.8. The number of alkyl halides is 3. The second-order valence-corrected chi connectivity index (χ2v) is 5.84. The van der Waals surface area contributed by atoms with Gasteiger partial charge in [0, 0.05) is 11.8 Å². The van der Waals surface area contributed by atoms with Crippen LogP contribution >= 0.6 is 0 Å². The lowest BCUT2D eigenvalue weighted by molar-refractivity contribution is -0.165. The van der Waals surface area contributed by atoms with Crippen LogP contribution in [0.15, 0.2) is 53.0 Å². The molecule has 0 amide bonds. The van der Waals surface area contributed by atoms with Crippen molar-refractivity contribution in [2.75, 3.05) is 7.11 Å². The second-order valence-electron chi connectivity index (χ2n) is 5.84. The van der Waals surface area contributed by atoms with Crippen LogP contribution in [0.25, 0.3) is 5.76 Å².